The van der Waals surface area contributed by atoms with Crippen LogP contribution in [0.5, 0.6) is 5.75 Å². The van der Waals surface area contributed by atoms with Crippen molar-refractivity contribution in [2.75, 3.05) is 6.61 Å². The van der Waals surface area contributed by atoms with Crippen LogP contribution < -0.4 is 4.74 Å². The average Bonchev–Trinajstić information content (AvgIpc) is 2.29. The molecule has 1 atom stereocenters. The quantitative estimate of drug-likeness (QED) is 0.613. The van der Waals surface area contributed by atoms with E-state index in [1.54, 1.807) is 6.07 Å². The number of ether oxygens (including phenoxy) is 1. The molecule has 0 N–H and O–H groups in total. The van der Waals surface area contributed by atoms with Crippen LogP contribution in [-0.2, 0) is 11.0 Å². The van der Waals surface area contributed by atoms with Gasteiger partial charge in [0, 0.05) is 17.7 Å². The molecular weight excluding hydrogens is 289 g/mol. The Morgan fingerprint density at radius 3 is 2.74 bits per heavy atom. The fraction of sp³-hybridized carbons (Fsp3) is 0.462. The molecule has 1 aromatic rings. The number of halogens is 2. The normalized spacial score (nSPS) is 13.7. The predicted octanol–water partition coefficient (Wildman–Crippen LogP) is 3.78. The first-order chi connectivity index (χ1) is 8.80. The van der Waals surface area contributed by atoms with Crippen molar-refractivity contribution in [3.05, 3.63) is 29.0 Å². The molecular formula is C13H17ClFNO2S. The third-order valence-electron chi connectivity index (χ3n) is 2.09. The maximum absolute atomic E-state index is 13.4. The van der Waals surface area contributed by atoms with Crippen LogP contribution in [0.15, 0.2) is 22.6 Å². The molecule has 0 amide bonds. The van der Waals surface area contributed by atoms with E-state index in [1.165, 1.54) is 18.3 Å². The van der Waals surface area contributed by atoms with Crippen molar-refractivity contribution in [3.8, 4) is 5.75 Å². The molecule has 0 aliphatic rings. The van der Waals surface area contributed by atoms with Gasteiger partial charge in [0.05, 0.1) is 11.4 Å². The lowest BCUT2D eigenvalue weighted by Gasteiger charge is -2.12. The van der Waals surface area contributed by atoms with E-state index in [-0.39, 0.29) is 17.1 Å². The van der Waals surface area contributed by atoms with Gasteiger partial charge in [-0.1, -0.05) is 11.6 Å². The highest BCUT2D eigenvalue weighted by molar-refractivity contribution is 7.85. The zero-order valence-electron chi connectivity index (χ0n) is 11.2. The first-order valence-electron chi connectivity index (χ1n) is 5.83. The lowest BCUT2D eigenvalue weighted by Crippen LogP contribution is -2.19. The van der Waals surface area contributed by atoms with Crippen LogP contribution in [0.1, 0.15) is 27.2 Å². The molecule has 3 nitrogen and oxygen atoms in total. The maximum atomic E-state index is 13.4. The first kappa shape index (κ1) is 16.1. The standard InChI is InChI=1S/C13H17ClFNO2S/c1-13(2,3)19(17)16-7-4-8-18-12-6-5-10(14)9-11(12)15/h5-7,9H,4,8H2,1-3H3. The summed E-state index contributed by atoms with van der Waals surface area (Å²) in [5, 5.41) is 0.326. The van der Waals surface area contributed by atoms with Gasteiger partial charge >= 0.3 is 0 Å². The second kappa shape index (κ2) is 7.01. The van der Waals surface area contributed by atoms with Gasteiger partial charge in [-0.3, -0.25) is 0 Å². The number of hydrogen-bond acceptors (Lipinski definition) is 2. The topological polar surface area (TPSA) is 38.7 Å². The molecule has 0 heterocycles. The van der Waals surface area contributed by atoms with Crippen LogP contribution in [0, 0.1) is 5.82 Å². The minimum Gasteiger partial charge on any atom is -0.490 e. The van der Waals surface area contributed by atoms with Gasteiger partial charge in [0.25, 0.3) is 0 Å². The molecule has 1 unspecified atom stereocenters. The Bertz CT molecular complexity index is 486. The summed E-state index contributed by atoms with van der Waals surface area (Å²) in [6.07, 6.45) is 2.00. The van der Waals surface area contributed by atoms with Crippen molar-refractivity contribution in [2.24, 2.45) is 4.40 Å². The summed E-state index contributed by atoms with van der Waals surface area (Å²) in [5.74, 6) is -0.350. The van der Waals surface area contributed by atoms with E-state index in [4.69, 9.17) is 16.3 Å². The third-order valence-corrected chi connectivity index (χ3v) is 3.72. The molecule has 0 spiro atoms. The molecule has 0 fully saturated rings. The fourth-order valence-electron chi connectivity index (χ4n) is 1.09. The Hall–Kier alpha value is -0.940. The minimum absolute atomic E-state index is 0.148. The smallest absolute Gasteiger partial charge is 0.166 e. The molecule has 0 saturated carbocycles. The third kappa shape index (κ3) is 5.70. The number of benzene rings is 1. The van der Waals surface area contributed by atoms with Gasteiger partial charge in [0.1, 0.15) is 11.0 Å². The van der Waals surface area contributed by atoms with Crippen molar-refractivity contribution < 1.29 is 13.3 Å². The van der Waals surface area contributed by atoms with E-state index in [0.29, 0.717) is 11.4 Å². The molecule has 0 aliphatic heterocycles. The Kier molecular flexibility index (Phi) is 5.94. The van der Waals surface area contributed by atoms with E-state index >= 15 is 0 Å². The van der Waals surface area contributed by atoms with E-state index in [1.807, 2.05) is 20.8 Å². The summed E-state index contributed by atoms with van der Waals surface area (Å²) in [7, 11) is -1.27. The Labute approximate surface area is 120 Å². The van der Waals surface area contributed by atoms with Gasteiger partial charge in [0.15, 0.2) is 11.6 Å². The SMILES string of the molecule is CC(C)(C)S(=O)N=CCCOc1ccc(Cl)cc1F. The van der Waals surface area contributed by atoms with Crippen LogP contribution in [0.3, 0.4) is 0 Å². The molecule has 1 aromatic carbocycles. The second-order valence-corrected chi connectivity index (χ2v) is 7.23. The second-order valence-electron chi connectivity index (χ2n) is 4.86. The monoisotopic (exact) mass is 305 g/mol. The summed E-state index contributed by atoms with van der Waals surface area (Å²) >= 11 is 5.63. The Morgan fingerprint density at radius 1 is 1.47 bits per heavy atom. The number of hydrogen-bond donors (Lipinski definition) is 0. The first-order valence-corrected chi connectivity index (χ1v) is 7.31. The van der Waals surface area contributed by atoms with Gasteiger partial charge in [0.2, 0.25) is 0 Å². The molecule has 0 aliphatic carbocycles. The largest absolute Gasteiger partial charge is 0.490 e. The van der Waals surface area contributed by atoms with Gasteiger partial charge < -0.3 is 4.74 Å². The van der Waals surface area contributed by atoms with Crippen molar-refractivity contribution in [2.45, 2.75) is 31.9 Å². The Morgan fingerprint density at radius 2 is 2.16 bits per heavy atom. The van der Waals surface area contributed by atoms with Crippen LogP contribution in [-0.4, -0.2) is 21.8 Å². The van der Waals surface area contributed by atoms with Gasteiger partial charge in [-0.15, -0.1) is 0 Å². The van der Waals surface area contributed by atoms with Crippen molar-refractivity contribution in [1.82, 2.24) is 0 Å². The van der Waals surface area contributed by atoms with Crippen LogP contribution in [0.2, 0.25) is 5.02 Å². The van der Waals surface area contributed by atoms with Crippen molar-refractivity contribution in [1.29, 1.82) is 0 Å². The fourth-order valence-corrected chi connectivity index (χ4v) is 1.81. The lowest BCUT2D eigenvalue weighted by molar-refractivity contribution is 0.313. The van der Waals surface area contributed by atoms with Crippen LogP contribution >= 0.6 is 11.6 Å². The molecule has 0 radical (unpaired) electrons. The van der Waals surface area contributed by atoms with Gasteiger partial charge in [-0.25, -0.2) is 8.60 Å². The molecule has 6 heteroatoms. The number of rotatable bonds is 5. The summed E-state index contributed by atoms with van der Waals surface area (Å²) in [5.41, 5.74) is 0. The molecule has 1 rings (SSSR count). The van der Waals surface area contributed by atoms with Crippen LogP contribution in [0.25, 0.3) is 0 Å². The lowest BCUT2D eigenvalue weighted by atomic mass is 10.3. The molecule has 19 heavy (non-hydrogen) atoms. The molecule has 0 saturated heterocycles. The zero-order chi connectivity index (χ0) is 14.5. The van der Waals surface area contributed by atoms with E-state index in [9.17, 15) is 8.60 Å². The highest BCUT2D eigenvalue weighted by Gasteiger charge is 2.17. The van der Waals surface area contributed by atoms with E-state index in [2.05, 4.69) is 4.40 Å². The molecule has 0 bridgehead atoms. The highest BCUT2D eigenvalue weighted by atomic mass is 35.5. The molecule has 0 aromatic heterocycles. The van der Waals surface area contributed by atoms with Gasteiger partial charge in [-0.2, -0.15) is 4.40 Å². The summed E-state index contributed by atoms with van der Waals surface area (Å²) in [4.78, 5) is 0. The minimum atomic E-state index is -1.27. The Balaban J connectivity index is 2.39. The van der Waals surface area contributed by atoms with Gasteiger partial charge in [-0.05, 0) is 39.0 Å². The van der Waals surface area contributed by atoms with E-state index < -0.39 is 16.8 Å². The summed E-state index contributed by atoms with van der Waals surface area (Å²) in [6, 6.07) is 4.23. The highest BCUT2D eigenvalue weighted by Crippen LogP contribution is 2.21. The predicted molar refractivity (Wildman–Crippen MR) is 77.9 cm³/mol. The summed E-state index contributed by atoms with van der Waals surface area (Å²) in [6.45, 7) is 5.81. The van der Waals surface area contributed by atoms with Crippen molar-refractivity contribution >= 4 is 28.8 Å². The average molecular weight is 306 g/mol. The number of nitrogens with zero attached hydrogens (tertiary/aromatic N) is 1. The zero-order valence-corrected chi connectivity index (χ0v) is 12.7. The maximum Gasteiger partial charge on any atom is 0.166 e. The summed E-state index contributed by atoms with van der Waals surface area (Å²) < 4.78 is 33.7. The van der Waals surface area contributed by atoms with E-state index in [0.717, 1.165) is 0 Å². The van der Waals surface area contributed by atoms with Crippen molar-refractivity contribution in [3.63, 3.8) is 0 Å². The molecule has 106 valence electrons. The van der Waals surface area contributed by atoms with Crippen LogP contribution in [0.4, 0.5) is 4.39 Å².